The number of morpholine rings is 1. The fourth-order valence-corrected chi connectivity index (χ4v) is 2.26. The maximum Gasteiger partial charge on any atom is 0.0594 e. The van der Waals surface area contributed by atoms with Crippen LogP contribution in [-0.4, -0.2) is 37.7 Å². The van der Waals surface area contributed by atoms with E-state index >= 15 is 0 Å². The SMILES string of the molecule is Cc1cccc([C@H](CN)N2CCOCC2)c1. The standard InChI is InChI=1S/C13H20N2O/c1-11-3-2-4-12(9-11)13(10-14)15-5-7-16-8-6-15/h2-4,9,13H,5-8,10,14H2,1H3/t13-/m0/s1. The second-order valence-corrected chi connectivity index (χ2v) is 4.31. The first kappa shape index (κ1) is 11.6. The Morgan fingerprint density at radius 3 is 2.75 bits per heavy atom. The van der Waals surface area contributed by atoms with E-state index in [0.29, 0.717) is 12.6 Å². The van der Waals surface area contributed by atoms with Gasteiger partial charge >= 0.3 is 0 Å². The maximum absolute atomic E-state index is 5.90. The lowest BCUT2D eigenvalue weighted by atomic mass is 10.0. The summed E-state index contributed by atoms with van der Waals surface area (Å²) >= 11 is 0. The van der Waals surface area contributed by atoms with Crippen molar-refractivity contribution >= 4 is 0 Å². The van der Waals surface area contributed by atoms with Crippen molar-refractivity contribution in [1.82, 2.24) is 4.90 Å². The van der Waals surface area contributed by atoms with Gasteiger partial charge in [0.15, 0.2) is 0 Å². The number of hydrogen-bond acceptors (Lipinski definition) is 3. The van der Waals surface area contributed by atoms with E-state index < -0.39 is 0 Å². The lowest BCUT2D eigenvalue weighted by molar-refractivity contribution is 0.0179. The normalized spacial score (nSPS) is 19.6. The molecule has 0 saturated carbocycles. The predicted molar refractivity (Wildman–Crippen MR) is 65.4 cm³/mol. The molecule has 16 heavy (non-hydrogen) atoms. The summed E-state index contributed by atoms with van der Waals surface area (Å²) in [6, 6.07) is 8.96. The summed E-state index contributed by atoms with van der Waals surface area (Å²) in [6.45, 7) is 6.40. The van der Waals surface area contributed by atoms with E-state index in [1.807, 2.05) is 0 Å². The van der Waals surface area contributed by atoms with Gasteiger partial charge in [-0.2, -0.15) is 0 Å². The van der Waals surface area contributed by atoms with Crippen LogP contribution < -0.4 is 5.73 Å². The zero-order valence-corrected chi connectivity index (χ0v) is 9.86. The Labute approximate surface area is 97.2 Å². The zero-order chi connectivity index (χ0) is 11.4. The molecule has 1 aliphatic heterocycles. The molecule has 1 saturated heterocycles. The molecule has 0 aliphatic carbocycles. The fraction of sp³-hybridized carbons (Fsp3) is 0.538. The molecule has 0 radical (unpaired) electrons. The van der Waals surface area contributed by atoms with Crippen LogP contribution in [-0.2, 0) is 4.74 Å². The van der Waals surface area contributed by atoms with Crippen LogP contribution in [0.3, 0.4) is 0 Å². The average Bonchev–Trinajstić information content (AvgIpc) is 2.31. The Hall–Kier alpha value is -0.900. The van der Waals surface area contributed by atoms with Crippen LogP contribution in [0.25, 0.3) is 0 Å². The molecule has 0 amide bonds. The highest BCUT2D eigenvalue weighted by Crippen LogP contribution is 2.21. The van der Waals surface area contributed by atoms with Gasteiger partial charge in [-0.05, 0) is 12.5 Å². The van der Waals surface area contributed by atoms with Crippen molar-refractivity contribution in [3.05, 3.63) is 35.4 Å². The number of nitrogens with zero attached hydrogens (tertiary/aromatic N) is 1. The Morgan fingerprint density at radius 2 is 2.12 bits per heavy atom. The number of aryl methyl sites for hydroxylation is 1. The van der Waals surface area contributed by atoms with Crippen LogP contribution in [0.15, 0.2) is 24.3 Å². The highest BCUT2D eigenvalue weighted by Gasteiger charge is 2.20. The number of benzene rings is 1. The van der Waals surface area contributed by atoms with Crippen molar-refractivity contribution in [3.63, 3.8) is 0 Å². The second kappa shape index (κ2) is 5.43. The van der Waals surface area contributed by atoms with Gasteiger partial charge < -0.3 is 10.5 Å². The summed E-state index contributed by atoms with van der Waals surface area (Å²) in [5, 5.41) is 0. The molecule has 0 unspecified atom stereocenters. The van der Waals surface area contributed by atoms with Gasteiger partial charge in [-0.15, -0.1) is 0 Å². The highest BCUT2D eigenvalue weighted by atomic mass is 16.5. The van der Waals surface area contributed by atoms with Gasteiger partial charge in [-0.3, -0.25) is 4.90 Å². The van der Waals surface area contributed by atoms with E-state index in [4.69, 9.17) is 10.5 Å². The zero-order valence-electron chi connectivity index (χ0n) is 9.86. The molecule has 1 fully saturated rings. The Kier molecular flexibility index (Phi) is 3.93. The molecule has 3 nitrogen and oxygen atoms in total. The summed E-state index contributed by atoms with van der Waals surface area (Å²) in [5.74, 6) is 0. The molecule has 1 atom stereocenters. The van der Waals surface area contributed by atoms with Crippen LogP contribution in [0.2, 0.25) is 0 Å². The van der Waals surface area contributed by atoms with Crippen LogP contribution in [0.4, 0.5) is 0 Å². The number of ether oxygens (including phenoxy) is 1. The molecule has 3 heteroatoms. The summed E-state index contributed by atoms with van der Waals surface area (Å²) in [6.07, 6.45) is 0. The smallest absolute Gasteiger partial charge is 0.0594 e. The Balaban J connectivity index is 2.14. The van der Waals surface area contributed by atoms with Gasteiger partial charge in [-0.25, -0.2) is 0 Å². The van der Waals surface area contributed by atoms with Crippen LogP contribution in [0.1, 0.15) is 17.2 Å². The van der Waals surface area contributed by atoms with Gasteiger partial charge in [0.25, 0.3) is 0 Å². The molecule has 1 aromatic carbocycles. The van der Waals surface area contributed by atoms with Gasteiger partial charge in [0.05, 0.1) is 13.2 Å². The van der Waals surface area contributed by atoms with Crippen LogP contribution >= 0.6 is 0 Å². The summed E-state index contributed by atoms with van der Waals surface area (Å²) in [5.41, 5.74) is 8.52. The number of rotatable bonds is 3. The van der Waals surface area contributed by atoms with Crippen molar-refractivity contribution in [2.45, 2.75) is 13.0 Å². The predicted octanol–water partition coefficient (Wildman–Crippen LogP) is 1.33. The molecule has 2 N–H and O–H groups in total. The minimum Gasteiger partial charge on any atom is -0.379 e. The van der Waals surface area contributed by atoms with Crippen molar-refractivity contribution in [2.24, 2.45) is 5.73 Å². The molecule has 2 rings (SSSR count). The molecule has 0 bridgehead atoms. The molecule has 1 aliphatic rings. The average molecular weight is 220 g/mol. The summed E-state index contributed by atoms with van der Waals surface area (Å²) in [4.78, 5) is 2.41. The first-order chi connectivity index (χ1) is 7.81. The van der Waals surface area contributed by atoms with E-state index in [9.17, 15) is 0 Å². The van der Waals surface area contributed by atoms with Gasteiger partial charge in [0.2, 0.25) is 0 Å². The van der Waals surface area contributed by atoms with Crippen molar-refractivity contribution in [1.29, 1.82) is 0 Å². The maximum atomic E-state index is 5.90. The number of nitrogens with two attached hydrogens (primary N) is 1. The first-order valence-electron chi connectivity index (χ1n) is 5.89. The van der Waals surface area contributed by atoms with Crippen LogP contribution in [0.5, 0.6) is 0 Å². The minimum absolute atomic E-state index is 0.337. The second-order valence-electron chi connectivity index (χ2n) is 4.31. The van der Waals surface area contributed by atoms with Crippen molar-refractivity contribution < 1.29 is 4.74 Å². The molecular weight excluding hydrogens is 200 g/mol. The Bertz CT molecular complexity index is 334. The van der Waals surface area contributed by atoms with Gasteiger partial charge in [0, 0.05) is 25.7 Å². The third-order valence-electron chi connectivity index (χ3n) is 3.14. The molecule has 0 aromatic heterocycles. The highest BCUT2D eigenvalue weighted by molar-refractivity contribution is 5.25. The van der Waals surface area contributed by atoms with Crippen molar-refractivity contribution in [2.75, 3.05) is 32.8 Å². The molecular formula is C13H20N2O. The van der Waals surface area contributed by atoms with Crippen molar-refractivity contribution in [3.8, 4) is 0 Å². The topological polar surface area (TPSA) is 38.5 Å². The summed E-state index contributed by atoms with van der Waals surface area (Å²) in [7, 11) is 0. The molecule has 1 aromatic rings. The minimum atomic E-state index is 0.337. The largest absolute Gasteiger partial charge is 0.379 e. The molecule has 88 valence electrons. The van der Waals surface area contributed by atoms with Gasteiger partial charge in [0.1, 0.15) is 0 Å². The quantitative estimate of drug-likeness (QED) is 0.835. The van der Waals surface area contributed by atoms with E-state index in [0.717, 1.165) is 26.3 Å². The fourth-order valence-electron chi connectivity index (χ4n) is 2.26. The lowest BCUT2D eigenvalue weighted by Crippen LogP contribution is -2.41. The summed E-state index contributed by atoms with van der Waals surface area (Å²) < 4.78 is 5.37. The van der Waals surface area contributed by atoms with E-state index in [1.165, 1.54) is 11.1 Å². The molecule has 0 spiro atoms. The monoisotopic (exact) mass is 220 g/mol. The van der Waals surface area contributed by atoms with E-state index in [1.54, 1.807) is 0 Å². The molecule has 1 heterocycles. The van der Waals surface area contributed by atoms with E-state index in [2.05, 4.69) is 36.1 Å². The third kappa shape index (κ3) is 2.61. The lowest BCUT2D eigenvalue weighted by Gasteiger charge is -2.34. The third-order valence-corrected chi connectivity index (χ3v) is 3.14. The number of hydrogen-bond donors (Lipinski definition) is 1. The van der Waals surface area contributed by atoms with Crippen LogP contribution in [0, 0.1) is 6.92 Å². The first-order valence-corrected chi connectivity index (χ1v) is 5.89. The van der Waals surface area contributed by atoms with Gasteiger partial charge in [-0.1, -0.05) is 29.8 Å². The Morgan fingerprint density at radius 1 is 1.38 bits per heavy atom. The van der Waals surface area contributed by atoms with E-state index in [-0.39, 0.29) is 0 Å².